The van der Waals surface area contributed by atoms with Crippen LogP contribution in [0.5, 0.6) is 5.75 Å². The topological polar surface area (TPSA) is 38.3 Å². The summed E-state index contributed by atoms with van der Waals surface area (Å²) >= 11 is 0. The van der Waals surface area contributed by atoms with Crippen LogP contribution in [-0.2, 0) is 24.1 Å². The van der Waals surface area contributed by atoms with Crippen LogP contribution in [0.3, 0.4) is 0 Å². The molecule has 1 aromatic carbocycles. The van der Waals surface area contributed by atoms with Gasteiger partial charge < -0.3 is 10.1 Å². The summed E-state index contributed by atoms with van der Waals surface area (Å²) in [4.78, 5) is 12.3. The van der Waals surface area contributed by atoms with Crippen LogP contribution < -0.4 is 10.1 Å². The lowest BCUT2D eigenvalue weighted by Crippen LogP contribution is -2.28. The number of fused-ring (bicyclic) bond motifs is 2. The van der Waals surface area contributed by atoms with Crippen LogP contribution in [0.4, 0.5) is 5.69 Å². The van der Waals surface area contributed by atoms with Gasteiger partial charge in [-0.2, -0.15) is 0 Å². The lowest BCUT2D eigenvalue weighted by atomic mass is 9.94. The summed E-state index contributed by atoms with van der Waals surface area (Å²) in [6, 6.07) is 2.28. The van der Waals surface area contributed by atoms with E-state index < -0.39 is 0 Å². The van der Waals surface area contributed by atoms with Crippen molar-refractivity contribution in [2.75, 3.05) is 11.9 Å². The summed E-state index contributed by atoms with van der Waals surface area (Å²) in [5.74, 6) is 0.976. The minimum Gasteiger partial charge on any atom is -0.491 e. The Hall–Kier alpha value is -1.51. The van der Waals surface area contributed by atoms with E-state index in [0.717, 1.165) is 37.3 Å². The molecule has 0 spiro atoms. The van der Waals surface area contributed by atoms with E-state index in [1.165, 1.54) is 23.1 Å². The van der Waals surface area contributed by atoms with Gasteiger partial charge in [-0.15, -0.1) is 0 Å². The van der Waals surface area contributed by atoms with Gasteiger partial charge in [0.2, 0.25) is 5.91 Å². The predicted octanol–water partition coefficient (Wildman–Crippen LogP) is 3.09. The van der Waals surface area contributed by atoms with Gasteiger partial charge in [0.15, 0.2) is 0 Å². The first-order valence-electron chi connectivity index (χ1n) is 7.08. The summed E-state index contributed by atoms with van der Waals surface area (Å²) in [6.07, 6.45) is 4.31. The van der Waals surface area contributed by atoms with Crippen molar-refractivity contribution in [1.82, 2.24) is 0 Å². The lowest BCUT2D eigenvalue weighted by molar-refractivity contribution is -0.123. The molecule has 0 atom stereocenters. The molecular weight excluding hydrogens is 238 g/mol. The van der Waals surface area contributed by atoms with Crippen molar-refractivity contribution in [2.24, 2.45) is 5.41 Å². The number of ether oxygens (including phenoxy) is 1. The second-order valence-electron chi connectivity index (χ2n) is 6.53. The largest absolute Gasteiger partial charge is 0.491 e. The van der Waals surface area contributed by atoms with Gasteiger partial charge in [-0.25, -0.2) is 0 Å². The van der Waals surface area contributed by atoms with E-state index in [0.29, 0.717) is 0 Å². The zero-order valence-corrected chi connectivity index (χ0v) is 11.9. The SMILES string of the molecule is CC(C)(C)C(=O)Nc1c2c(cc3c1OCC3)CCC2. The Bertz CT molecular complexity index is 508. The molecule has 0 fully saturated rings. The van der Waals surface area contributed by atoms with Gasteiger partial charge in [0.25, 0.3) is 0 Å². The van der Waals surface area contributed by atoms with Crippen molar-refractivity contribution in [3.8, 4) is 5.75 Å². The number of hydrogen-bond donors (Lipinski definition) is 1. The molecular formula is C16H21NO2. The maximum absolute atomic E-state index is 12.3. The lowest BCUT2D eigenvalue weighted by Gasteiger charge is -2.21. The molecule has 0 unspecified atom stereocenters. The molecule has 19 heavy (non-hydrogen) atoms. The fraction of sp³-hybridized carbons (Fsp3) is 0.562. The number of rotatable bonds is 1. The van der Waals surface area contributed by atoms with Crippen molar-refractivity contribution < 1.29 is 9.53 Å². The Labute approximate surface area is 114 Å². The maximum atomic E-state index is 12.3. The summed E-state index contributed by atoms with van der Waals surface area (Å²) in [5.41, 5.74) is 4.51. The van der Waals surface area contributed by atoms with Gasteiger partial charge in [0.1, 0.15) is 5.75 Å². The Morgan fingerprint density at radius 1 is 1.21 bits per heavy atom. The predicted molar refractivity (Wildman–Crippen MR) is 75.8 cm³/mol. The number of benzene rings is 1. The van der Waals surface area contributed by atoms with Crippen LogP contribution >= 0.6 is 0 Å². The van der Waals surface area contributed by atoms with Crippen molar-refractivity contribution in [1.29, 1.82) is 0 Å². The molecule has 1 N–H and O–H groups in total. The molecule has 1 heterocycles. The standard InChI is InChI=1S/C16H21NO2/c1-16(2,3)15(18)17-13-12-6-4-5-10(12)9-11-7-8-19-14(11)13/h9H,4-8H2,1-3H3,(H,17,18). The molecule has 0 saturated carbocycles. The number of amides is 1. The van der Waals surface area contributed by atoms with Gasteiger partial charge >= 0.3 is 0 Å². The molecule has 0 saturated heterocycles. The summed E-state index contributed by atoms with van der Waals surface area (Å²) in [7, 11) is 0. The highest BCUT2D eigenvalue weighted by molar-refractivity contribution is 5.97. The first-order valence-corrected chi connectivity index (χ1v) is 7.08. The Morgan fingerprint density at radius 3 is 2.74 bits per heavy atom. The van der Waals surface area contributed by atoms with E-state index in [-0.39, 0.29) is 11.3 Å². The van der Waals surface area contributed by atoms with E-state index in [2.05, 4.69) is 11.4 Å². The third-order valence-electron chi connectivity index (χ3n) is 3.97. The molecule has 3 nitrogen and oxygen atoms in total. The summed E-state index contributed by atoms with van der Waals surface area (Å²) in [6.45, 7) is 6.54. The maximum Gasteiger partial charge on any atom is 0.229 e. The highest BCUT2D eigenvalue weighted by atomic mass is 16.5. The fourth-order valence-corrected chi connectivity index (χ4v) is 2.83. The zero-order valence-electron chi connectivity index (χ0n) is 11.9. The molecule has 1 aliphatic carbocycles. The molecule has 0 radical (unpaired) electrons. The highest BCUT2D eigenvalue weighted by Crippen LogP contribution is 2.42. The highest BCUT2D eigenvalue weighted by Gasteiger charge is 2.29. The molecule has 1 aromatic rings. The molecule has 0 aromatic heterocycles. The van der Waals surface area contributed by atoms with Crippen LogP contribution in [0, 0.1) is 5.41 Å². The molecule has 1 amide bonds. The first kappa shape index (κ1) is 12.5. The van der Waals surface area contributed by atoms with Crippen LogP contribution in [0.25, 0.3) is 0 Å². The van der Waals surface area contributed by atoms with Crippen LogP contribution in [0.2, 0.25) is 0 Å². The molecule has 0 bridgehead atoms. The van der Waals surface area contributed by atoms with E-state index in [1.54, 1.807) is 0 Å². The minimum absolute atomic E-state index is 0.0606. The molecule has 3 rings (SSSR count). The van der Waals surface area contributed by atoms with Crippen molar-refractivity contribution >= 4 is 11.6 Å². The quantitative estimate of drug-likeness (QED) is 0.841. The van der Waals surface area contributed by atoms with Gasteiger partial charge in [-0.3, -0.25) is 4.79 Å². The second-order valence-corrected chi connectivity index (χ2v) is 6.53. The normalized spacial score (nSPS) is 16.8. The number of anilines is 1. The summed E-state index contributed by atoms with van der Waals surface area (Å²) in [5, 5.41) is 3.12. The first-order chi connectivity index (χ1) is 8.97. The van der Waals surface area contributed by atoms with E-state index in [9.17, 15) is 4.79 Å². The Kier molecular flexibility index (Phi) is 2.80. The third kappa shape index (κ3) is 2.11. The number of nitrogens with one attached hydrogen (secondary N) is 1. The van der Waals surface area contributed by atoms with Crippen molar-refractivity contribution in [3.63, 3.8) is 0 Å². The average Bonchev–Trinajstić information content (AvgIpc) is 2.94. The van der Waals surface area contributed by atoms with Gasteiger partial charge in [-0.1, -0.05) is 26.8 Å². The van der Waals surface area contributed by atoms with Crippen LogP contribution in [-0.4, -0.2) is 12.5 Å². The van der Waals surface area contributed by atoms with Gasteiger partial charge in [0, 0.05) is 11.8 Å². The van der Waals surface area contributed by atoms with Crippen LogP contribution in [0.1, 0.15) is 43.9 Å². The second kappa shape index (κ2) is 4.26. The molecule has 1 aliphatic heterocycles. The molecule has 2 aliphatic rings. The Balaban J connectivity index is 2.03. The number of carbonyl (C=O) groups excluding carboxylic acids is 1. The number of hydrogen-bond acceptors (Lipinski definition) is 2. The third-order valence-corrected chi connectivity index (χ3v) is 3.97. The smallest absolute Gasteiger partial charge is 0.229 e. The average molecular weight is 259 g/mol. The van der Waals surface area contributed by atoms with E-state index in [1.807, 2.05) is 20.8 Å². The summed E-state index contributed by atoms with van der Waals surface area (Å²) < 4.78 is 5.75. The number of aryl methyl sites for hydroxylation is 1. The minimum atomic E-state index is -0.382. The van der Waals surface area contributed by atoms with E-state index in [4.69, 9.17) is 4.74 Å². The van der Waals surface area contributed by atoms with Gasteiger partial charge in [0.05, 0.1) is 12.3 Å². The number of carbonyl (C=O) groups is 1. The van der Waals surface area contributed by atoms with Crippen molar-refractivity contribution in [3.05, 3.63) is 22.8 Å². The van der Waals surface area contributed by atoms with Crippen molar-refractivity contribution in [2.45, 2.75) is 46.5 Å². The molecule has 3 heteroatoms. The van der Waals surface area contributed by atoms with Gasteiger partial charge in [-0.05, 0) is 36.0 Å². The molecule has 102 valence electrons. The van der Waals surface area contributed by atoms with E-state index >= 15 is 0 Å². The zero-order chi connectivity index (χ0) is 13.6. The van der Waals surface area contributed by atoms with Crippen LogP contribution in [0.15, 0.2) is 6.07 Å². The monoisotopic (exact) mass is 259 g/mol. The Morgan fingerprint density at radius 2 is 2.00 bits per heavy atom. The fourth-order valence-electron chi connectivity index (χ4n) is 2.83.